The van der Waals surface area contributed by atoms with Crippen LogP contribution in [0.4, 0.5) is 23.8 Å². The van der Waals surface area contributed by atoms with Crippen LogP contribution < -0.4 is 15.9 Å². The SMILES string of the molecule is COc1cc(O)ccc1C1C2=CCC3C(=O)N(C(N)=O)C(=O)C3C2CC2C(=O)N(Nc3ncc(C(F)(F)F)cc3Cl)C(=O)C21c1ccc(Cl)cc1. The van der Waals surface area contributed by atoms with E-state index in [-0.39, 0.29) is 24.3 Å². The molecule has 2 saturated heterocycles. The fraction of sp³-hybridized carbons (Fsp3) is 0.294. The average Bonchev–Trinajstić information content (AvgIpc) is 3.46. The highest BCUT2D eigenvalue weighted by Gasteiger charge is 2.71. The Morgan fingerprint density at radius 1 is 1.04 bits per heavy atom. The minimum atomic E-state index is -4.77. The second-order valence-corrected chi connectivity index (χ2v) is 13.5. The van der Waals surface area contributed by atoms with E-state index < -0.39 is 87.2 Å². The van der Waals surface area contributed by atoms with Crippen LogP contribution in [0.3, 0.4) is 0 Å². The van der Waals surface area contributed by atoms with Crippen molar-refractivity contribution in [1.29, 1.82) is 0 Å². The molecule has 2 aromatic carbocycles. The molecule has 17 heteroatoms. The molecule has 6 unspecified atom stereocenters. The highest BCUT2D eigenvalue weighted by molar-refractivity contribution is 6.33. The van der Waals surface area contributed by atoms with Crippen LogP contribution in [-0.2, 0) is 30.8 Å². The quantitative estimate of drug-likeness (QED) is 0.235. The number of phenolic OH excluding ortho intramolecular Hbond substituents is 1. The maximum Gasteiger partial charge on any atom is 0.417 e. The highest BCUT2D eigenvalue weighted by Crippen LogP contribution is 2.65. The van der Waals surface area contributed by atoms with Gasteiger partial charge in [0.1, 0.15) is 11.5 Å². The van der Waals surface area contributed by atoms with Crippen molar-refractivity contribution in [3.63, 3.8) is 0 Å². The second-order valence-electron chi connectivity index (χ2n) is 12.7. The van der Waals surface area contributed by atoms with Gasteiger partial charge in [-0.15, -0.1) is 0 Å². The van der Waals surface area contributed by atoms with E-state index in [0.717, 1.165) is 0 Å². The average molecular weight is 745 g/mol. The maximum absolute atomic E-state index is 15.2. The number of fused-ring (bicyclic) bond motifs is 4. The number of alkyl halides is 3. The Morgan fingerprint density at radius 3 is 2.37 bits per heavy atom. The first-order valence-corrected chi connectivity index (χ1v) is 16.2. The van der Waals surface area contributed by atoms with Gasteiger partial charge < -0.3 is 15.6 Å². The number of halogens is 5. The van der Waals surface area contributed by atoms with E-state index in [1.807, 2.05) is 0 Å². The number of amides is 6. The van der Waals surface area contributed by atoms with Crippen molar-refractivity contribution in [2.75, 3.05) is 12.5 Å². The lowest BCUT2D eigenvalue weighted by molar-refractivity contribution is -0.140. The molecule has 2 aliphatic carbocycles. The third-order valence-corrected chi connectivity index (χ3v) is 10.8. The summed E-state index contributed by atoms with van der Waals surface area (Å²) in [5.41, 5.74) is 6.13. The molecule has 0 bridgehead atoms. The molecule has 3 aromatic rings. The number of hydrogen-bond acceptors (Lipinski definition) is 9. The summed E-state index contributed by atoms with van der Waals surface area (Å²) in [5, 5.41) is 10.8. The van der Waals surface area contributed by atoms with E-state index >= 15 is 4.79 Å². The van der Waals surface area contributed by atoms with E-state index in [9.17, 15) is 37.5 Å². The van der Waals surface area contributed by atoms with Crippen LogP contribution in [0, 0.1) is 23.7 Å². The Morgan fingerprint density at radius 2 is 1.75 bits per heavy atom. The standard InChI is InChI=1S/C34H26Cl2F3N5O7/c1-51-24-11-17(45)6-7-19(24)26-18-8-9-20-25(30(48)43(28(20)46)32(40)50)21(18)12-22-29(47)44(31(49)33(22,26)14-2-4-16(35)5-3-14)42-27-23(36)10-15(13-41-27)34(37,38)39/h2-8,10-11,13,20-22,25-26,45H,9,12H2,1H3,(H2,40,50)(H,41,42). The number of allylic oxidation sites excluding steroid dienone is 2. The van der Waals surface area contributed by atoms with Gasteiger partial charge in [-0.2, -0.15) is 23.1 Å². The highest BCUT2D eigenvalue weighted by atomic mass is 35.5. The number of pyridine rings is 1. The summed E-state index contributed by atoms with van der Waals surface area (Å²) < 4.78 is 45.9. The molecule has 0 spiro atoms. The topological polar surface area (TPSA) is 172 Å². The lowest BCUT2D eigenvalue weighted by Gasteiger charge is -2.50. The van der Waals surface area contributed by atoms with Gasteiger partial charge in [-0.1, -0.05) is 53.1 Å². The third kappa shape index (κ3) is 5.04. The summed E-state index contributed by atoms with van der Waals surface area (Å²) in [5.74, 6) is -9.11. The van der Waals surface area contributed by atoms with Crippen LogP contribution in [-0.4, -0.2) is 56.8 Å². The molecule has 4 N–H and O–H groups in total. The van der Waals surface area contributed by atoms with Crippen molar-refractivity contribution in [3.8, 4) is 11.5 Å². The zero-order valence-corrected chi connectivity index (χ0v) is 27.8. The number of urea groups is 1. The number of nitrogens with one attached hydrogen (secondary N) is 1. The van der Waals surface area contributed by atoms with Crippen molar-refractivity contribution >= 4 is 58.7 Å². The molecule has 2 aliphatic heterocycles. The van der Waals surface area contributed by atoms with Gasteiger partial charge in [-0.3, -0.25) is 24.6 Å². The van der Waals surface area contributed by atoms with Crippen LogP contribution >= 0.6 is 23.2 Å². The molecule has 6 amide bonds. The molecule has 1 saturated carbocycles. The van der Waals surface area contributed by atoms with Crippen molar-refractivity contribution in [1.82, 2.24) is 14.9 Å². The van der Waals surface area contributed by atoms with Gasteiger partial charge in [0.2, 0.25) is 11.8 Å². The third-order valence-electron chi connectivity index (χ3n) is 10.3. The number of nitrogens with zero attached hydrogens (tertiary/aromatic N) is 3. The number of nitrogens with two attached hydrogens (primary N) is 1. The van der Waals surface area contributed by atoms with E-state index in [0.29, 0.717) is 43.9 Å². The monoisotopic (exact) mass is 743 g/mol. The van der Waals surface area contributed by atoms with Crippen LogP contribution in [0.25, 0.3) is 0 Å². The van der Waals surface area contributed by atoms with E-state index in [4.69, 9.17) is 33.7 Å². The number of benzene rings is 2. The largest absolute Gasteiger partial charge is 0.508 e. The van der Waals surface area contributed by atoms with E-state index in [2.05, 4.69) is 10.4 Å². The number of carbonyl (C=O) groups excluding carboxylic acids is 5. The van der Waals surface area contributed by atoms with Crippen LogP contribution in [0.1, 0.15) is 35.4 Å². The Hall–Kier alpha value is -5.15. The van der Waals surface area contributed by atoms with Gasteiger partial charge in [-0.05, 0) is 48.6 Å². The first-order chi connectivity index (χ1) is 24.1. The van der Waals surface area contributed by atoms with Gasteiger partial charge in [0.15, 0.2) is 5.82 Å². The molecule has 3 fully saturated rings. The first kappa shape index (κ1) is 34.3. The fourth-order valence-electron chi connectivity index (χ4n) is 8.28. The van der Waals surface area contributed by atoms with Crippen molar-refractivity contribution in [3.05, 3.63) is 93.1 Å². The van der Waals surface area contributed by atoms with Crippen LogP contribution in [0.5, 0.6) is 11.5 Å². The van der Waals surface area contributed by atoms with E-state index in [1.54, 1.807) is 18.2 Å². The Balaban J connectivity index is 1.46. The summed E-state index contributed by atoms with van der Waals surface area (Å²) in [6.45, 7) is 0. The van der Waals surface area contributed by atoms with Crippen LogP contribution in [0.15, 0.2) is 66.4 Å². The maximum atomic E-state index is 15.2. The number of ether oxygens (including phenoxy) is 1. The summed E-state index contributed by atoms with van der Waals surface area (Å²) in [4.78, 5) is 73.2. The van der Waals surface area contributed by atoms with E-state index in [1.165, 1.54) is 37.4 Å². The molecule has 3 heterocycles. The fourth-order valence-corrected chi connectivity index (χ4v) is 8.62. The van der Waals surface area contributed by atoms with Gasteiger partial charge in [0.25, 0.3) is 11.8 Å². The second kappa shape index (κ2) is 12.0. The number of aromatic hydroxyl groups is 1. The Bertz CT molecular complexity index is 2080. The lowest BCUT2D eigenvalue weighted by atomic mass is 9.49. The number of carbonyl (C=O) groups is 5. The number of likely N-dealkylation sites (tertiary alicyclic amines) is 1. The molecule has 7 rings (SSSR count). The summed E-state index contributed by atoms with van der Waals surface area (Å²) in [6, 6.07) is 9.74. The summed E-state index contributed by atoms with van der Waals surface area (Å²) >= 11 is 12.5. The number of rotatable bonds is 5. The normalized spacial score (nSPS) is 27.2. The first-order valence-electron chi connectivity index (χ1n) is 15.5. The molecular weight excluding hydrogens is 718 g/mol. The van der Waals surface area contributed by atoms with Gasteiger partial charge in [-0.25, -0.2) is 9.78 Å². The summed E-state index contributed by atoms with van der Waals surface area (Å²) in [7, 11) is 1.34. The molecule has 0 radical (unpaired) electrons. The minimum Gasteiger partial charge on any atom is -0.508 e. The number of methoxy groups -OCH3 is 1. The molecule has 4 aliphatic rings. The number of primary amides is 1. The number of imide groups is 4. The number of phenols is 1. The predicted octanol–water partition coefficient (Wildman–Crippen LogP) is 5.19. The zero-order valence-electron chi connectivity index (χ0n) is 26.3. The minimum absolute atomic E-state index is 0.00169. The zero-order chi connectivity index (χ0) is 36.7. The van der Waals surface area contributed by atoms with Gasteiger partial charge in [0, 0.05) is 28.8 Å². The number of aromatic nitrogens is 1. The number of hydrazine groups is 1. The summed E-state index contributed by atoms with van der Waals surface area (Å²) in [6.07, 6.45) is -2.73. The lowest BCUT2D eigenvalue weighted by Crippen LogP contribution is -2.53. The van der Waals surface area contributed by atoms with Gasteiger partial charge in [0.05, 0.1) is 40.9 Å². The number of hydrogen-bond donors (Lipinski definition) is 3. The Kier molecular flexibility index (Phi) is 8.06. The Labute approximate surface area is 296 Å². The van der Waals surface area contributed by atoms with Crippen LogP contribution in [0.2, 0.25) is 10.0 Å². The molecular formula is C34H26Cl2F3N5O7. The van der Waals surface area contributed by atoms with Crippen molar-refractivity contribution in [2.45, 2.75) is 30.4 Å². The van der Waals surface area contributed by atoms with Gasteiger partial charge >= 0.3 is 12.2 Å². The molecule has 51 heavy (non-hydrogen) atoms. The molecule has 264 valence electrons. The molecule has 1 aromatic heterocycles. The smallest absolute Gasteiger partial charge is 0.417 e. The van der Waals surface area contributed by atoms with Crippen molar-refractivity contribution < 1.29 is 47.0 Å². The molecule has 12 nitrogen and oxygen atoms in total. The molecule has 6 atom stereocenters. The predicted molar refractivity (Wildman–Crippen MR) is 173 cm³/mol. The number of anilines is 1. The van der Waals surface area contributed by atoms with Crippen molar-refractivity contribution in [2.24, 2.45) is 29.4 Å².